The second kappa shape index (κ2) is 4.89. The third-order valence-electron chi connectivity index (χ3n) is 3.04. The molecule has 0 amide bonds. The van der Waals surface area contributed by atoms with Crippen molar-refractivity contribution in [3.05, 3.63) is 70.4 Å². The summed E-state index contributed by atoms with van der Waals surface area (Å²) in [4.78, 5) is 0. The zero-order valence-electron chi connectivity index (χ0n) is 10.1. The highest BCUT2D eigenvalue weighted by Crippen LogP contribution is 2.31. The van der Waals surface area contributed by atoms with E-state index in [1.54, 1.807) is 6.07 Å². The Bertz CT molecular complexity index is 783. The van der Waals surface area contributed by atoms with Crippen molar-refractivity contribution in [1.82, 2.24) is 0 Å². The molecular formula is C15H9ClF2O2. The van der Waals surface area contributed by atoms with Crippen molar-refractivity contribution in [1.29, 1.82) is 0 Å². The van der Waals surface area contributed by atoms with Crippen LogP contribution in [-0.2, 0) is 0 Å². The van der Waals surface area contributed by atoms with Crippen molar-refractivity contribution in [2.24, 2.45) is 0 Å². The number of para-hydroxylation sites is 1. The Morgan fingerprint density at radius 3 is 2.55 bits per heavy atom. The van der Waals surface area contributed by atoms with Crippen molar-refractivity contribution < 1.29 is 18.3 Å². The van der Waals surface area contributed by atoms with Gasteiger partial charge >= 0.3 is 0 Å². The molecule has 0 aliphatic carbocycles. The number of fused-ring (bicyclic) bond motifs is 1. The Labute approximate surface area is 118 Å². The molecule has 1 N–H and O–H groups in total. The molecule has 1 aromatic heterocycles. The Kier molecular flexibility index (Phi) is 3.20. The third kappa shape index (κ3) is 2.17. The molecule has 0 fully saturated rings. The van der Waals surface area contributed by atoms with Gasteiger partial charge in [0.25, 0.3) is 0 Å². The first-order chi connectivity index (χ1) is 9.56. The summed E-state index contributed by atoms with van der Waals surface area (Å²) in [5.74, 6) is -1.10. The standard InChI is InChI=1S/C15H9ClF2O2/c16-9-4-5-10(12(18)7-9)14(19)13-6-8-2-1-3-11(17)15(8)20-13/h1-7,14,19H. The zero-order valence-corrected chi connectivity index (χ0v) is 10.9. The summed E-state index contributed by atoms with van der Waals surface area (Å²) in [6, 6.07) is 9.85. The smallest absolute Gasteiger partial charge is 0.170 e. The zero-order chi connectivity index (χ0) is 14.3. The summed E-state index contributed by atoms with van der Waals surface area (Å²) in [6.45, 7) is 0. The van der Waals surface area contributed by atoms with E-state index in [2.05, 4.69) is 0 Å². The van der Waals surface area contributed by atoms with E-state index < -0.39 is 17.7 Å². The summed E-state index contributed by atoms with van der Waals surface area (Å²) < 4.78 is 32.6. The largest absolute Gasteiger partial charge is 0.455 e. The summed E-state index contributed by atoms with van der Waals surface area (Å²) in [7, 11) is 0. The van der Waals surface area contributed by atoms with E-state index in [0.29, 0.717) is 5.39 Å². The van der Waals surface area contributed by atoms with Crippen molar-refractivity contribution >= 4 is 22.6 Å². The van der Waals surface area contributed by atoms with Crippen LogP contribution in [0.2, 0.25) is 5.02 Å². The fourth-order valence-electron chi connectivity index (χ4n) is 2.06. The normalized spacial score (nSPS) is 12.8. The molecule has 102 valence electrons. The molecule has 1 unspecified atom stereocenters. The molecule has 20 heavy (non-hydrogen) atoms. The van der Waals surface area contributed by atoms with Crippen LogP contribution in [0.5, 0.6) is 0 Å². The van der Waals surface area contributed by atoms with Gasteiger partial charge in [0.05, 0.1) is 0 Å². The van der Waals surface area contributed by atoms with Gasteiger partial charge in [-0.05, 0) is 24.3 Å². The van der Waals surface area contributed by atoms with Gasteiger partial charge in [-0.3, -0.25) is 0 Å². The van der Waals surface area contributed by atoms with Crippen LogP contribution in [-0.4, -0.2) is 5.11 Å². The third-order valence-corrected chi connectivity index (χ3v) is 3.28. The number of rotatable bonds is 2. The van der Waals surface area contributed by atoms with Crippen LogP contribution in [0.4, 0.5) is 8.78 Å². The molecule has 0 radical (unpaired) electrons. The van der Waals surface area contributed by atoms with E-state index in [4.69, 9.17) is 16.0 Å². The topological polar surface area (TPSA) is 33.4 Å². The molecule has 1 atom stereocenters. The van der Waals surface area contributed by atoms with E-state index in [9.17, 15) is 13.9 Å². The molecule has 0 spiro atoms. The van der Waals surface area contributed by atoms with Gasteiger partial charge in [-0.25, -0.2) is 8.78 Å². The molecule has 0 saturated carbocycles. The average Bonchev–Trinajstić information content (AvgIpc) is 2.83. The van der Waals surface area contributed by atoms with E-state index in [1.165, 1.54) is 30.3 Å². The Hall–Kier alpha value is -1.91. The highest BCUT2D eigenvalue weighted by molar-refractivity contribution is 6.30. The molecule has 2 aromatic carbocycles. The summed E-state index contributed by atoms with van der Waals surface area (Å²) in [6.07, 6.45) is -1.32. The number of furan rings is 1. The van der Waals surface area contributed by atoms with Crippen LogP contribution in [0.25, 0.3) is 11.0 Å². The quantitative estimate of drug-likeness (QED) is 0.757. The molecule has 1 heterocycles. The molecule has 0 bridgehead atoms. The lowest BCUT2D eigenvalue weighted by atomic mass is 10.1. The van der Waals surface area contributed by atoms with Gasteiger partial charge in [0.15, 0.2) is 11.4 Å². The number of hydrogen-bond acceptors (Lipinski definition) is 2. The van der Waals surface area contributed by atoms with Crippen molar-refractivity contribution in [3.8, 4) is 0 Å². The van der Waals surface area contributed by atoms with Gasteiger partial charge in [-0.2, -0.15) is 0 Å². The molecule has 3 rings (SSSR count). The maximum atomic E-state index is 13.8. The monoisotopic (exact) mass is 294 g/mol. The average molecular weight is 295 g/mol. The minimum atomic E-state index is -1.32. The molecule has 3 aromatic rings. The fraction of sp³-hybridized carbons (Fsp3) is 0.0667. The maximum absolute atomic E-state index is 13.8. The van der Waals surface area contributed by atoms with E-state index in [-0.39, 0.29) is 21.9 Å². The minimum absolute atomic E-state index is 0.0221. The molecule has 2 nitrogen and oxygen atoms in total. The Balaban J connectivity index is 2.08. The number of aliphatic hydroxyl groups excluding tert-OH is 1. The SMILES string of the molecule is OC(c1cc2cccc(F)c2o1)c1ccc(Cl)cc1F. The number of halogens is 3. The van der Waals surface area contributed by atoms with Gasteiger partial charge in [-0.1, -0.05) is 29.8 Å². The molecule has 5 heteroatoms. The lowest BCUT2D eigenvalue weighted by Gasteiger charge is -2.09. The van der Waals surface area contributed by atoms with Gasteiger partial charge < -0.3 is 9.52 Å². The van der Waals surface area contributed by atoms with Crippen LogP contribution in [0, 0.1) is 11.6 Å². The van der Waals surface area contributed by atoms with Crippen molar-refractivity contribution in [2.75, 3.05) is 0 Å². The van der Waals surface area contributed by atoms with Crippen LogP contribution < -0.4 is 0 Å². The second-order valence-electron chi connectivity index (χ2n) is 4.38. The van der Waals surface area contributed by atoms with E-state index in [1.807, 2.05) is 0 Å². The fourth-order valence-corrected chi connectivity index (χ4v) is 2.22. The first-order valence-corrected chi connectivity index (χ1v) is 6.25. The van der Waals surface area contributed by atoms with Gasteiger partial charge in [0.2, 0.25) is 0 Å². The predicted octanol–water partition coefficient (Wildman–Crippen LogP) is 4.45. The number of hydrogen-bond donors (Lipinski definition) is 1. The summed E-state index contributed by atoms with van der Waals surface area (Å²) >= 11 is 5.66. The lowest BCUT2D eigenvalue weighted by molar-refractivity contribution is 0.187. The van der Waals surface area contributed by atoms with Gasteiger partial charge in [0.1, 0.15) is 17.7 Å². The first kappa shape index (κ1) is 13.1. The van der Waals surface area contributed by atoms with Crippen LogP contribution in [0.1, 0.15) is 17.4 Å². The number of aliphatic hydroxyl groups is 1. The Morgan fingerprint density at radius 2 is 1.85 bits per heavy atom. The van der Waals surface area contributed by atoms with Crippen molar-refractivity contribution in [3.63, 3.8) is 0 Å². The van der Waals surface area contributed by atoms with Gasteiger partial charge in [-0.15, -0.1) is 0 Å². The Morgan fingerprint density at radius 1 is 1.05 bits per heavy atom. The summed E-state index contributed by atoms with van der Waals surface area (Å²) in [5, 5.41) is 10.9. The van der Waals surface area contributed by atoms with Crippen LogP contribution >= 0.6 is 11.6 Å². The lowest BCUT2D eigenvalue weighted by Crippen LogP contribution is -2.01. The molecular weight excluding hydrogens is 286 g/mol. The molecule has 0 aliphatic heterocycles. The van der Waals surface area contributed by atoms with Gasteiger partial charge in [0, 0.05) is 16.0 Å². The van der Waals surface area contributed by atoms with E-state index >= 15 is 0 Å². The molecule has 0 saturated heterocycles. The predicted molar refractivity (Wildman–Crippen MR) is 71.6 cm³/mol. The van der Waals surface area contributed by atoms with E-state index in [0.717, 1.165) is 6.07 Å². The van der Waals surface area contributed by atoms with Crippen LogP contribution in [0.3, 0.4) is 0 Å². The summed E-state index contributed by atoms with van der Waals surface area (Å²) in [5.41, 5.74) is 0.0600. The minimum Gasteiger partial charge on any atom is -0.455 e. The first-order valence-electron chi connectivity index (χ1n) is 5.87. The van der Waals surface area contributed by atoms with Crippen LogP contribution in [0.15, 0.2) is 46.9 Å². The second-order valence-corrected chi connectivity index (χ2v) is 4.81. The van der Waals surface area contributed by atoms with Crippen molar-refractivity contribution in [2.45, 2.75) is 6.10 Å². The highest BCUT2D eigenvalue weighted by Gasteiger charge is 2.20. The molecule has 0 aliphatic rings. The number of benzene rings is 2. The maximum Gasteiger partial charge on any atom is 0.170 e. The highest BCUT2D eigenvalue weighted by atomic mass is 35.5.